The van der Waals surface area contributed by atoms with Gasteiger partial charge in [0.15, 0.2) is 31.2 Å². The van der Waals surface area contributed by atoms with Gasteiger partial charge in [0.1, 0.15) is 159 Å². The van der Waals surface area contributed by atoms with Crippen molar-refractivity contribution < 1.29 is 183 Å². The summed E-state index contributed by atoms with van der Waals surface area (Å²) in [5.74, 6) is 0. The Labute approximate surface area is 434 Å². The zero-order chi connectivity index (χ0) is 56.7. The highest BCUT2D eigenvalue weighted by Crippen LogP contribution is 2.53. The van der Waals surface area contributed by atoms with Crippen molar-refractivity contribution in [1.29, 1.82) is 0 Å². The maximum Gasteiger partial charge on any atom is 0.268 e. The molecular formula is C38H68N2O35P2. The molecule has 77 heavy (non-hydrogen) atoms. The van der Waals surface area contributed by atoms with Crippen LogP contribution in [0.2, 0.25) is 0 Å². The van der Waals surface area contributed by atoms with Gasteiger partial charge in [-0.25, -0.2) is 0 Å². The largest absolute Gasteiger partial charge is 0.756 e. The van der Waals surface area contributed by atoms with E-state index in [1.165, 1.54) is 0 Å². The van der Waals surface area contributed by atoms with Crippen LogP contribution in [0.3, 0.4) is 0 Å². The summed E-state index contributed by atoms with van der Waals surface area (Å²) in [6, 6.07) is -1.51. The van der Waals surface area contributed by atoms with Crippen LogP contribution in [0.25, 0.3) is 0 Å². The molecule has 0 aromatic carbocycles. The van der Waals surface area contributed by atoms with Gasteiger partial charge in [-0.05, 0) is 0 Å². The number of ether oxygens (including phenoxy) is 10. The molecule has 450 valence electrons. The van der Waals surface area contributed by atoms with Crippen LogP contribution in [0, 0.1) is 0 Å². The third-order valence-corrected chi connectivity index (χ3v) is 15.8. The fraction of sp³-hybridized carbons (Fsp3) is 1.00. The highest BCUT2D eigenvalue weighted by molar-refractivity contribution is 7.46. The smallest absolute Gasteiger partial charge is 0.268 e. The van der Waals surface area contributed by atoms with E-state index in [2.05, 4.69) is 16.0 Å². The summed E-state index contributed by atoms with van der Waals surface area (Å²) in [4.78, 5) is 24.5. The Bertz CT molecular complexity index is 1980. The summed E-state index contributed by atoms with van der Waals surface area (Å²) in [6.45, 7) is -5.51. The van der Waals surface area contributed by atoms with Crippen LogP contribution in [-0.2, 0) is 74.6 Å². The Morgan fingerprint density at radius 2 is 0.870 bits per heavy atom. The molecule has 37 nitrogen and oxygen atoms in total. The number of quaternary nitrogens is 2. The van der Waals surface area contributed by atoms with Crippen LogP contribution in [-0.4, -0.2) is 323 Å². The lowest BCUT2D eigenvalue weighted by molar-refractivity contribution is -0.510. The van der Waals surface area contributed by atoms with Gasteiger partial charge in [-0.3, -0.25) is 9.13 Å². The molecule has 1 saturated carbocycles. The van der Waals surface area contributed by atoms with E-state index in [9.17, 15) is 106 Å². The second-order valence-electron chi connectivity index (χ2n) is 19.0. The monoisotopic (exact) mass is 1170 g/mol. The molecule has 0 amide bonds. The second kappa shape index (κ2) is 26.3. The minimum Gasteiger partial charge on any atom is -0.756 e. The third-order valence-electron chi connectivity index (χ3n) is 13.9. The van der Waals surface area contributed by atoms with Gasteiger partial charge < -0.3 is 174 Å². The van der Waals surface area contributed by atoms with Gasteiger partial charge in [0.2, 0.25) is 6.29 Å². The van der Waals surface area contributed by atoms with Crippen LogP contribution in [0.4, 0.5) is 0 Å². The zero-order valence-electron chi connectivity index (χ0n) is 40.1. The predicted molar refractivity (Wildman–Crippen MR) is 225 cm³/mol. The van der Waals surface area contributed by atoms with Crippen LogP contribution >= 0.6 is 15.6 Å². The molecule has 7 rings (SSSR count). The number of hydrogen-bond acceptors (Lipinski definition) is 35. The van der Waals surface area contributed by atoms with Crippen LogP contribution in [0.5, 0.6) is 0 Å². The SMILES string of the molecule is [NH3+]CCOP(=O)([O-])OC[C@H]1O[C@H](O[C@@H]2[C@@H](OC[C@H]3O[C@H](O[C@H]4[C@H](O)[C@@H]([NH3+])[C@@H](O[C@@H]5[C@@H](O)[C@H](O)[C@@H](O)[C@H]6OP(=O)([O-])O[C@H]65)O[C@@H]4CO)[C@@H](O)[C@@H](O)[C@@H]3O)O[C@H](CO)[C@@H](O)[C@@H]2O)[C@@H](O[C@H]2O[C@H](CO)[C@@H](O)[C@H](O)[C@@H]2O)[C@@H](O)[C@@H]1O. The zero-order valence-corrected chi connectivity index (χ0v) is 41.9. The second-order valence-corrected chi connectivity index (χ2v) is 21.8. The summed E-state index contributed by atoms with van der Waals surface area (Å²) >= 11 is 0. The number of aliphatic hydroxyl groups is 17. The molecule has 0 aromatic rings. The fourth-order valence-electron chi connectivity index (χ4n) is 9.48. The number of rotatable bonds is 20. The summed E-state index contributed by atoms with van der Waals surface area (Å²) < 4.78 is 101. The Balaban J connectivity index is 1.08. The van der Waals surface area contributed by atoms with E-state index in [4.69, 9.17) is 60.9 Å². The first kappa shape index (κ1) is 63.6. The molecular weight excluding hydrogens is 1110 g/mol. The summed E-state index contributed by atoms with van der Waals surface area (Å²) in [7, 11) is -10.2. The van der Waals surface area contributed by atoms with E-state index in [1.54, 1.807) is 0 Å². The van der Waals surface area contributed by atoms with Gasteiger partial charge in [-0.15, -0.1) is 0 Å². The molecule has 0 spiro atoms. The van der Waals surface area contributed by atoms with Gasteiger partial charge in [0.05, 0.1) is 39.6 Å². The molecule has 6 aliphatic heterocycles. The van der Waals surface area contributed by atoms with Gasteiger partial charge in [-0.2, -0.15) is 0 Å². The van der Waals surface area contributed by atoms with Crippen molar-refractivity contribution in [1.82, 2.24) is 0 Å². The normalized spacial score (nSPS) is 52.5. The van der Waals surface area contributed by atoms with E-state index in [0.717, 1.165) is 0 Å². The quantitative estimate of drug-likeness (QED) is 0.0503. The molecule has 23 N–H and O–H groups in total. The van der Waals surface area contributed by atoms with Crippen LogP contribution in [0.15, 0.2) is 0 Å². The summed E-state index contributed by atoms with van der Waals surface area (Å²) in [5.41, 5.74) is 7.18. The van der Waals surface area contributed by atoms with E-state index in [0.29, 0.717) is 0 Å². The molecule has 7 aliphatic rings. The highest BCUT2D eigenvalue weighted by Gasteiger charge is 2.61. The van der Waals surface area contributed by atoms with Crippen LogP contribution < -0.4 is 21.3 Å². The Morgan fingerprint density at radius 3 is 1.45 bits per heavy atom. The molecule has 1 aliphatic carbocycles. The lowest BCUT2D eigenvalue weighted by atomic mass is 9.84. The summed E-state index contributed by atoms with van der Waals surface area (Å²) in [6.07, 6.45) is -59.5. The number of fused-ring (bicyclic) bond motifs is 1. The average Bonchev–Trinajstić information content (AvgIpc) is 3.77. The lowest BCUT2D eigenvalue weighted by Crippen LogP contribution is -2.79. The molecule has 33 atom stereocenters. The predicted octanol–water partition coefficient (Wildman–Crippen LogP) is -16.2. The lowest BCUT2D eigenvalue weighted by Gasteiger charge is -2.49. The van der Waals surface area contributed by atoms with E-state index >= 15 is 0 Å². The summed E-state index contributed by atoms with van der Waals surface area (Å²) in [5, 5.41) is 183. The molecule has 0 bridgehead atoms. The first-order valence-electron chi connectivity index (χ1n) is 24.0. The van der Waals surface area contributed by atoms with Crippen molar-refractivity contribution in [2.75, 3.05) is 46.2 Å². The molecule has 6 heterocycles. The van der Waals surface area contributed by atoms with Crippen molar-refractivity contribution in [3.63, 3.8) is 0 Å². The topological polar surface area (TPSA) is 609 Å². The molecule has 7 fully saturated rings. The molecule has 0 aromatic heterocycles. The van der Waals surface area contributed by atoms with Crippen molar-refractivity contribution in [2.45, 2.75) is 190 Å². The molecule has 0 radical (unpaired) electrons. The average molecular weight is 1170 g/mol. The standard InChI is InChI=1S/C38H68N2O35P2/c39-1-2-63-76(58,59)64-7-12-17(47)23(53)32(72-35-26(56)19(49)14(44)8(3-41)65-35)38(69-12)73-31-22(52)15(45)9(4-42)66-37(31)62-6-11-16(46)20(50)27(57)36(68-11)70-28-10(5-43)67-34(13(40)18(28)48)71-29-24(54)21(51)25(55)30-33(29)75-77(60,61)74-30/h8-38,41-57H,1-7,39-40H2,(H,58,59)(H,60,61)/t8-,9-,10-,11-,12-,13-,14-,15-,16-,17-,18-,19+,20+,21+,22+,23+,24+,25-,26+,27+,28-,29-,30-,31+,32+,33+,34-,35-,36-,37+,38-/m1/s1. The maximum absolute atomic E-state index is 12.4. The molecule has 6 saturated heterocycles. The molecule has 2 unspecified atom stereocenters. The number of phosphoric acid groups is 2. The van der Waals surface area contributed by atoms with Gasteiger partial charge in [0.25, 0.3) is 15.6 Å². The van der Waals surface area contributed by atoms with Crippen molar-refractivity contribution >= 4 is 15.6 Å². The van der Waals surface area contributed by atoms with Crippen LogP contribution in [0.1, 0.15) is 0 Å². The Kier molecular flexibility index (Phi) is 21.8. The van der Waals surface area contributed by atoms with E-state index in [-0.39, 0.29) is 6.54 Å². The van der Waals surface area contributed by atoms with Gasteiger partial charge in [-0.1, -0.05) is 0 Å². The van der Waals surface area contributed by atoms with Crippen molar-refractivity contribution in [2.24, 2.45) is 0 Å². The van der Waals surface area contributed by atoms with Gasteiger partial charge in [0, 0.05) is 0 Å². The van der Waals surface area contributed by atoms with Crippen molar-refractivity contribution in [3.05, 3.63) is 0 Å². The minimum atomic E-state index is -5.13. The van der Waals surface area contributed by atoms with E-state index in [1.807, 2.05) is 0 Å². The highest BCUT2D eigenvalue weighted by atomic mass is 31.2. The minimum absolute atomic E-state index is 0.0186. The fourth-order valence-corrected chi connectivity index (χ4v) is 11.4. The first-order chi connectivity index (χ1) is 36.2. The molecule has 39 heteroatoms. The number of phosphoric ester groups is 2. The van der Waals surface area contributed by atoms with Crippen molar-refractivity contribution in [3.8, 4) is 0 Å². The van der Waals surface area contributed by atoms with E-state index < -0.39 is 245 Å². The Morgan fingerprint density at radius 1 is 0.455 bits per heavy atom. The van der Waals surface area contributed by atoms with Gasteiger partial charge >= 0.3 is 0 Å². The number of hydrogen-bond donors (Lipinski definition) is 19. The maximum atomic E-state index is 12.4. The third kappa shape index (κ3) is 13.7. The first-order valence-corrected chi connectivity index (χ1v) is 26.9. The Hall–Kier alpha value is -0.940. The number of aliphatic hydroxyl groups excluding tert-OH is 17.